The molecule has 1 heterocycles. The first-order valence-corrected chi connectivity index (χ1v) is 10.7. The monoisotopic (exact) mass is 416 g/mol. The van der Waals surface area contributed by atoms with Crippen molar-refractivity contribution in [2.24, 2.45) is 0 Å². The Hall–Kier alpha value is -4.11. The van der Waals surface area contributed by atoms with Gasteiger partial charge in [0.05, 0.1) is 7.11 Å². The predicted octanol–water partition coefficient (Wildman–Crippen LogP) is 6.40. The van der Waals surface area contributed by atoms with E-state index in [1.165, 1.54) is 0 Å². The summed E-state index contributed by atoms with van der Waals surface area (Å²) in [4.78, 5) is 0. The zero-order valence-electron chi connectivity index (χ0n) is 17.9. The molecule has 0 aliphatic heterocycles. The first-order valence-electron chi connectivity index (χ1n) is 10.7. The Bertz CT molecular complexity index is 1260. The summed E-state index contributed by atoms with van der Waals surface area (Å²) in [5, 5.41) is 4.78. The van der Waals surface area contributed by atoms with Crippen LogP contribution in [0.4, 0.5) is 0 Å². The number of hydrogen-bond donors (Lipinski definition) is 0. The Labute approximate surface area is 188 Å². The Balaban J connectivity index is 1.93. The molecule has 1 aromatic heterocycles. The third-order valence-corrected chi connectivity index (χ3v) is 5.95. The van der Waals surface area contributed by atoms with Gasteiger partial charge in [0.15, 0.2) is 0 Å². The molecule has 32 heavy (non-hydrogen) atoms. The molecule has 0 amide bonds. The third-order valence-electron chi connectivity index (χ3n) is 5.95. The van der Waals surface area contributed by atoms with E-state index in [0.717, 1.165) is 33.6 Å². The highest BCUT2D eigenvalue weighted by Crippen LogP contribution is 2.45. The Morgan fingerprint density at radius 2 is 1.19 bits per heavy atom. The number of ether oxygens (including phenoxy) is 1. The van der Waals surface area contributed by atoms with Crippen LogP contribution < -0.4 is 4.74 Å². The molecule has 0 unspecified atom stereocenters. The van der Waals surface area contributed by atoms with E-state index in [9.17, 15) is 0 Å². The molecule has 3 heteroatoms. The SMILES string of the molecule is COc1ccccc1-c1ccccc1C(c1ccccc1)(c1ccccc1)n1cccn1. The van der Waals surface area contributed by atoms with E-state index in [0.29, 0.717) is 0 Å². The van der Waals surface area contributed by atoms with Crippen LogP contribution in [0.3, 0.4) is 0 Å². The number of nitrogens with zero attached hydrogens (tertiary/aromatic N) is 2. The van der Waals surface area contributed by atoms with E-state index in [2.05, 4.69) is 102 Å². The van der Waals surface area contributed by atoms with Gasteiger partial charge in [0.25, 0.3) is 0 Å². The molecule has 5 aromatic rings. The van der Waals surface area contributed by atoms with Crippen molar-refractivity contribution in [3.63, 3.8) is 0 Å². The summed E-state index contributed by atoms with van der Waals surface area (Å²) in [6, 6.07) is 39.8. The predicted molar refractivity (Wildman–Crippen MR) is 129 cm³/mol. The zero-order chi connectivity index (χ0) is 21.8. The molecule has 156 valence electrons. The van der Waals surface area contributed by atoms with Crippen LogP contribution in [0.1, 0.15) is 16.7 Å². The summed E-state index contributed by atoms with van der Waals surface area (Å²) < 4.78 is 7.81. The second-order valence-electron chi connectivity index (χ2n) is 7.64. The smallest absolute Gasteiger partial charge is 0.138 e. The van der Waals surface area contributed by atoms with Crippen LogP contribution in [-0.2, 0) is 5.54 Å². The molecule has 0 aliphatic rings. The fraction of sp³-hybridized carbons (Fsp3) is 0.0690. The largest absolute Gasteiger partial charge is 0.496 e. The molecular weight excluding hydrogens is 392 g/mol. The van der Waals surface area contributed by atoms with Gasteiger partial charge in [-0.3, -0.25) is 4.68 Å². The molecule has 0 aliphatic carbocycles. The normalized spacial score (nSPS) is 11.3. The quantitative estimate of drug-likeness (QED) is 0.300. The number of aromatic nitrogens is 2. The molecule has 0 fully saturated rings. The zero-order valence-corrected chi connectivity index (χ0v) is 17.9. The standard InChI is InChI=1S/C29H24N2O/c1-32-28-20-11-9-18-26(28)25-17-8-10-19-27(25)29(31-22-12-21-30-31,23-13-4-2-5-14-23)24-15-6-3-7-16-24/h2-22H,1H3. The molecule has 0 bridgehead atoms. The maximum absolute atomic E-state index is 5.75. The van der Waals surface area contributed by atoms with Crippen molar-refractivity contribution in [1.82, 2.24) is 9.78 Å². The molecule has 5 rings (SSSR count). The van der Waals surface area contributed by atoms with E-state index >= 15 is 0 Å². The van der Waals surface area contributed by atoms with E-state index < -0.39 is 5.54 Å². The lowest BCUT2D eigenvalue weighted by molar-refractivity contribution is 0.416. The molecule has 0 N–H and O–H groups in total. The maximum Gasteiger partial charge on any atom is 0.138 e. The second-order valence-corrected chi connectivity index (χ2v) is 7.64. The minimum atomic E-state index is -0.663. The number of rotatable bonds is 6. The van der Waals surface area contributed by atoms with Gasteiger partial charge in [0.2, 0.25) is 0 Å². The summed E-state index contributed by atoms with van der Waals surface area (Å²) in [6.07, 6.45) is 3.88. The molecule has 3 nitrogen and oxygen atoms in total. The van der Waals surface area contributed by atoms with Gasteiger partial charge >= 0.3 is 0 Å². The van der Waals surface area contributed by atoms with Crippen LogP contribution in [0.2, 0.25) is 0 Å². The average Bonchev–Trinajstić information content (AvgIpc) is 3.41. The fourth-order valence-corrected chi connectivity index (χ4v) is 4.59. The molecule has 4 aromatic carbocycles. The summed E-state index contributed by atoms with van der Waals surface area (Å²) >= 11 is 0. The molecule has 0 spiro atoms. The van der Waals surface area contributed by atoms with Gasteiger partial charge < -0.3 is 4.74 Å². The van der Waals surface area contributed by atoms with Crippen molar-refractivity contribution in [3.8, 4) is 16.9 Å². The van der Waals surface area contributed by atoms with Gasteiger partial charge in [0.1, 0.15) is 11.3 Å². The molecule has 0 saturated heterocycles. The van der Waals surface area contributed by atoms with E-state index in [4.69, 9.17) is 9.84 Å². The summed E-state index contributed by atoms with van der Waals surface area (Å²) in [5.41, 5.74) is 4.89. The van der Waals surface area contributed by atoms with Crippen LogP contribution in [0.15, 0.2) is 128 Å². The average molecular weight is 417 g/mol. The molecular formula is C29H24N2O. The third kappa shape index (κ3) is 3.19. The maximum atomic E-state index is 5.75. The first-order chi connectivity index (χ1) is 15.9. The van der Waals surface area contributed by atoms with Crippen LogP contribution in [0.5, 0.6) is 5.75 Å². The summed E-state index contributed by atoms with van der Waals surface area (Å²) in [6.45, 7) is 0. The van der Waals surface area contributed by atoms with Gasteiger partial charge in [-0.1, -0.05) is 103 Å². The van der Waals surface area contributed by atoms with Crippen LogP contribution in [0.25, 0.3) is 11.1 Å². The van der Waals surface area contributed by atoms with Crippen LogP contribution >= 0.6 is 0 Å². The summed E-state index contributed by atoms with van der Waals surface area (Å²) in [7, 11) is 1.72. The minimum absolute atomic E-state index is 0.663. The number of hydrogen-bond acceptors (Lipinski definition) is 2. The molecule has 0 atom stereocenters. The number of para-hydroxylation sites is 1. The van der Waals surface area contributed by atoms with E-state index in [1.807, 2.05) is 30.6 Å². The highest BCUT2D eigenvalue weighted by atomic mass is 16.5. The highest BCUT2D eigenvalue weighted by Gasteiger charge is 2.40. The Morgan fingerprint density at radius 3 is 1.78 bits per heavy atom. The first kappa shape index (κ1) is 19.8. The Morgan fingerprint density at radius 1 is 0.625 bits per heavy atom. The van der Waals surface area contributed by atoms with Crippen molar-refractivity contribution in [2.75, 3.05) is 7.11 Å². The van der Waals surface area contributed by atoms with Crippen molar-refractivity contribution >= 4 is 0 Å². The van der Waals surface area contributed by atoms with Gasteiger partial charge in [-0.15, -0.1) is 0 Å². The molecule has 0 saturated carbocycles. The van der Waals surface area contributed by atoms with E-state index in [-0.39, 0.29) is 0 Å². The Kier molecular flexibility index (Phi) is 5.30. The van der Waals surface area contributed by atoms with Crippen molar-refractivity contribution in [2.45, 2.75) is 5.54 Å². The second kappa shape index (κ2) is 8.56. The van der Waals surface area contributed by atoms with Gasteiger partial charge in [-0.05, 0) is 34.4 Å². The number of benzene rings is 4. The van der Waals surface area contributed by atoms with Crippen molar-refractivity contribution < 1.29 is 4.74 Å². The molecule has 0 radical (unpaired) electrons. The van der Waals surface area contributed by atoms with Crippen molar-refractivity contribution in [1.29, 1.82) is 0 Å². The van der Waals surface area contributed by atoms with Crippen molar-refractivity contribution in [3.05, 3.63) is 144 Å². The van der Waals surface area contributed by atoms with Gasteiger partial charge in [0, 0.05) is 18.0 Å². The van der Waals surface area contributed by atoms with Crippen LogP contribution in [0, 0.1) is 0 Å². The fourth-order valence-electron chi connectivity index (χ4n) is 4.59. The van der Waals surface area contributed by atoms with Gasteiger partial charge in [-0.25, -0.2) is 0 Å². The van der Waals surface area contributed by atoms with Crippen LogP contribution in [-0.4, -0.2) is 16.9 Å². The van der Waals surface area contributed by atoms with E-state index in [1.54, 1.807) is 7.11 Å². The summed E-state index contributed by atoms with van der Waals surface area (Å²) in [5.74, 6) is 0.843. The lowest BCUT2D eigenvalue weighted by Gasteiger charge is -2.38. The lowest BCUT2D eigenvalue weighted by Crippen LogP contribution is -2.38. The lowest BCUT2D eigenvalue weighted by atomic mass is 9.74. The van der Waals surface area contributed by atoms with Gasteiger partial charge in [-0.2, -0.15) is 5.10 Å². The minimum Gasteiger partial charge on any atom is -0.496 e. The number of methoxy groups -OCH3 is 1. The topological polar surface area (TPSA) is 27.1 Å². The highest BCUT2D eigenvalue weighted by molar-refractivity contribution is 5.76.